The van der Waals surface area contributed by atoms with Gasteiger partial charge in [-0.05, 0) is 119 Å². The van der Waals surface area contributed by atoms with E-state index in [4.69, 9.17) is 0 Å². The van der Waals surface area contributed by atoms with Crippen LogP contribution in [0.1, 0.15) is 85.0 Å². The molecule has 4 saturated carbocycles. The summed E-state index contributed by atoms with van der Waals surface area (Å²) in [6.07, 6.45) is 13.4. The highest BCUT2D eigenvalue weighted by molar-refractivity contribution is 5.15. The molecule has 0 bridgehead atoms. The first kappa shape index (κ1) is 17.1. The van der Waals surface area contributed by atoms with Crippen LogP contribution in [0.25, 0.3) is 0 Å². The Balaban J connectivity index is 1.58. The quantitative estimate of drug-likeness (QED) is 0.618. The van der Waals surface area contributed by atoms with Crippen LogP contribution in [0.2, 0.25) is 0 Å². The molecule has 136 valence electrons. The van der Waals surface area contributed by atoms with E-state index < -0.39 is 0 Å². The Kier molecular flexibility index (Phi) is 4.18. The van der Waals surface area contributed by atoms with Crippen molar-refractivity contribution in [3.05, 3.63) is 12.2 Å². The summed E-state index contributed by atoms with van der Waals surface area (Å²) >= 11 is 0. The zero-order chi connectivity index (χ0) is 17.1. The fraction of sp³-hybridized carbons (Fsp3) is 0.913. The highest BCUT2D eigenvalue weighted by Gasteiger charge is 2.58. The van der Waals surface area contributed by atoms with Gasteiger partial charge in [0.1, 0.15) is 0 Å². The van der Waals surface area contributed by atoms with Gasteiger partial charge < -0.3 is 5.11 Å². The van der Waals surface area contributed by atoms with Crippen LogP contribution in [0, 0.1) is 40.9 Å². The Morgan fingerprint density at radius 1 is 1.00 bits per heavy atom. The van der Waals surface area contributed by atoms with E-state index in [1.807, 2.05) is 0 Å². The molecule has 4 unspecified atom stereocenters. The lowest BCUT2D eigenvalue weighted by Crippen LogP contribution is -2.51. The Morgan fingerprint density at radius 2 is 1.75 bits per heavy atom. The zero-order valence-corrected chi connectivity index (χ0v) is 16.2. The summed E-state index contributed by atoms with van der Waals surface area (Å²) in [7, 11) is 0. The molecule has 0 aromatic carbocycles. The molecule has 0 aromatic rings. The molecular formula is C23H38O. The van der Waals surface area contributed by atoms with E-state index in [0.29, 0.717) is 5.41 Å². The molecule has 0 saturated heterocycles. The minimum atomic E-state index is -0.381. The maximum absolute atomic E-state index is 10.5. The zero-order valence-electron chi connectivity index (χ0n) is 16.2. The Labute approximate surface area is 149 Å². The van der Waals surface area contributed by atoms with Crippen molar-refractivity contribution in [2.75, 3.05) is 0 Å². The largest absolute Gasteiger partial charge is 0.390 e. The Morgan fingerprint density at radius 3 is 2.46 bits per heavy atom. The monoisotopic (exact) mass is 330 g/mol. The van der Waals surface area contributed by atoms with Crippen molar-refractivity contribution in [3.8, 4) is 0 Å². The van der Waals surface area contributed by atoms with Crippen molar-refractivity contribution >= 4 is 0 Å². The second-order valence-electron chi connectivity index (χ2n) is 10.3. The summed E-state index contributed by atoms with van der Waals surface area (Å²) in [5.74, 6) is 5.43. The fourth-order valence-electron chi connectivity index (χ4n) is 8.31. The lowest BCUT2D eigenvalue weighted by molar-refractivity contribution is -0.102. The molecule has 8 atom stereocenters. The minimum Gasteiger partial charge on any atom is -0.390 e. The summed E-state index contributed by atoms with van der Waals surface area (Å²) in [4.78, 5) is 0. The summed E-state index contributed by atoms with van der Waals surface area (Å²) in [6, 6.07) is 0. The first-order valence-corrected chi connectivity index (χ1v) is 10.8. The van der Waals surface area contributed by atoms with Crippen molar-refractivity contribution < 1.29 is 5.11 Å². The molecule has 0 aliphatic heterocycles. The van der Waals surface area contributed by atoms with Crippen LogP contribution in [0.4, 0.5) is 0 Å². The summed E-state index contributed by atoms with van der Waals surface area (Å²) in [5.41, 5.74) is 1.66. The fourth-order valence-corrected chi connectivity index (χ4v) is 8.31. The van der Waals surface area contributed by atoms with Gasteiger partial charge in [0.2, 0.25) is 0 Å². The van der Waals surface area contributed by atoms with Crippen LogP contribution in [-0.4, -0.2) is 10.7 Å². The lowest BCUT2D eigenvalue weighted by Gasteiger charge is -2.58. The van der Waals surface area contributed by atoms with E-state index in [-0.39, 0.29) is 5.60 Å². The van der Waals surface area contributed by atoms with Crippen LogP contribution in [0.15, 0.2) is 12.2 Å². The molecule has 0 heterocycles. The molecule has 4 aliphatic carbocycles. The van der Waals surface area contributed by atoms with Gasteiger partial charge in [-0.25, -0.2) is 0 Å². The Hall–Kier alpha value is -0.300. The van der Waals surface area contributed by atoms with Crippen LogP contribution in [-0.2, 0) is 0 Å². The van der Waals surface area contributed by atoms with E-state index in [1.165, 1.54) is 56.9 Å². The summed E-state index contributed by atoms with van der Waals surface area (Å²) in [6.45, 7) is 11.2. The van der Waals surface area contributed by atoms with Crippen molar-refractivity contribution in [3.63, 3.8) is 0 Å². The van der Waals surface area contributed by atoms with Crippen LogP contribution in [0.5, 0.6) is 0 Å². The van der Waals surface area contributed by atoms with E-state index >= 15 is 0 Å². The van der Waals surface area contributed by atoms with Gasteiger partial charge in [0.25, 0.3) is 0 Å². The molecule has 1 N–H and O–H groups in total. The molecule has 0 radical (unpaired) electrons. The molecule has 0 spiro atoms. The highest BCUT2D eigenvalue weighted by atomic mass is 16.3. The molecule has 24 heavy (non-hydrogen) atoms. The van der Waals surface area contributed by atoms with Crippen LogP contribution >= 0.6 is 0 Å². The van der Waals surface area contributed by atoms with Crippen molar-refractivity contribution in [2.45, 2.75) is 90.6 Å². The number of rotatable bonds is 2. The average Bonchev–Trinajstić information content (AvgIpc) is 2.93. The van der Waals surface area contributed by atoms with Gasteiger partial charge in [-0.15, -0.1) is 0 Å². The average molecular weight is 331 g/mol. The first-order chi connectivity index (χ1) is 11.4. The molecule has 0 amide bonds. The smallest absolute Gasteiger partial charge is 0.0622 e. The lowest BCUT2D eigenvalue weighted by atomic mass is 9.48. The maximum Gasteiger partial charge on any atom is 0.0622 e. The van der Waals surface area contributed by atoms with Gasteiger partial charge in [0.15, 0.2) is 0 Å². The third-order valence-electron chi connectivity index (χ3n) is 9.21. The van der Waals surface area contributed by atoms with E-state index in [0.717, 1.165) is 48.3 Å². The topological polar surface area (TPSA) is 20.2 Å². The SMILES string of the molecule is C=C(C)[C@H]1CC[C@H]2C3CCC4C[C@](C)(O)CCC4[C@H]3CCC12CC. The molecule has 4 aliphatic rings. The maximum atomic E-state index is 10.5. The van der Waals surface area contributed by atoms with Gasteiger partial charge in [0, 0.05) is 0 Å². The van der Waals surface area contributed by atoms with Crippen molar-refractivity contribution in [1.29, 1.82) is 0 Å². The third kappa shape index (κ3) is 2.44. The number of hydrogen-bond acceptors (Lipinski definition) is 1. The van der Waals surface area contributed by atoms with Gasteiger partial charge in [-0.1, -0.05) is 19.1 Å². The molecular weight excluding hydrogens is 292 g/mol. The van der Waals surface area contributed by atoms with Crippen LogP contribution < -0.4 is 0 Å². The molecule has 1 heteroatoms. The first-order valence-electron chi connectivity index (χ1n) is 10.8. The second kappa shape index (κ2) is 5.86. The van der Waals surface area contributed by atoms with E-state index in [9.17, 15) is 5.11 Å². The Bertz CT molecular complexity index is 506. The van der Waals surface area contributed by atoms with Gasteiger partial charge in [0.05, 0.1) is 5.60 Å². The van der Waals surface area contributed by atoms with Gasteiger partial charge in [-0.3, -0.25) is 0 Å². The van der Waals surface area contributed by atoms with E-state index in [2.05, 4.69) is 27.4 Å². The van der Waals surface area contributed by atoms with Crippen molar-refractivity contribution in [2.24, 2.45) is 40.9 Å². The van der Waals surface area contributed by atoms with Crippen LogP contribution in [0.3, 0.4) is 0 Å². The number of hydrogen-bond donors (Lipinski definition) is 1. The van der Waals surface area contributed by atoms with E-state index in [1.54, 1.807) is 0 Å². The predicted molar refractivity (Wildman–Crippen MR) is 101 cm³/mol. The predicted octanol–water partition coefficient (Wildman–Crippen LogP) is 5.97. The van der Waals surface area contributed by atoms with Gasteiger partial charge in [-0.2, -0.15) is 0 Å². The number of fused-ring (bicyclic) bond motifs is 5. The molecule has 4 rings (SSSR count). The summed E-state index contributed by atoms with van der Waals surface area (Å²) < 4.78 is 0. The minimum absolute atomic E-state index is 0.381. The standard InChI is InChI=1S/C23H38O/c1-5-23-13-11-18-17-10-12-22(4,24)14-16(17)6-7-19(18)21(23)9-8-20(23)15(2)3/h16-21,24H,2,5-14H2,1,3-4H3/t16?,17?,18-,19?,20-,21+,22-,23?/m1/s1. The molecule has 0 aromatic heterocycles. The van der Waals surface area contributed by atoms with Crippen molar-refractivity contribution in [1.82, 2.24) is 0 Å². The van der Waals surface area contributed by atoms with Gasteiger partial charge >= 0.3 is 0 Å². The molecule has 4 fully saturated rings. The highest BCUT2D eigenvalue weighted by Crippen LogP contribution is 2.66. The second-order valence-corrected chi connectivity index (χ2v) is 10.3. The normalized spacial score (nSPS) is 53.8. The summed E-state index contributed by atoms with van der Waals surface area (Å²) in [5, 5.41) is 10.5. The third-order valence-corrected chi connectivity index (χ3v) is 9.21. The molecule has 1 nitrogen and oxygen atoms in total. The number of allylic oxidation sites excluding steroid dienone is 1. The number of aliphatic hydroxyl groups is 1.